The Morgan fingerprint density at radius 3 is 2.12 bits per heavy atom. The van der Waals surface area contributed by atoms with Gasteiger partial charge in [-0.3, -0.25) is 4.79 Å². The number of alkyl halides is 3. The van der Waals surface area contributed by atoms with E-state index in [-0.39, 0.29) is 0 Å². The van der Waals surface area contributed by atoms with Crippen LogP contribution in [0.15, 0.2) is 36.4 Å². The fourth-order valence-electron chi connectivity index (χ4n) is 1.49. The van der Waals surface area contributed by atoms with Crippen molar-refractivity contribution in [3.05, 3.63) is 47.7 Å². The molecule has 5 heteroatoms. The fraction of sp³-hybridized carbons (Fsp3) is 0.0833. The van der Waals surface area contributed by atoms with Crippen LogP contribution in [0.5, 0.6) is 0 Å². The van der Waals surface area contributed by atoms with Crippen LogP contribution in [0.1, 0.15) is 16.1 Å². The van der Waals surface area contributed by atoms with E-state index >= 15 is 0 Å². The minimum absolute atomic E-state index is 0.389. The van der Waals surface area contributed by atoms with Crippen molar-refractivity contribution in [3.8, 4) is 11.3 Å². The molecular formula is C12H8F3NO. The van der Waals surface area contributed by atoms with E-state index in [1.807, 2.05) is 0 Å². The van der Waals surface area contributed by atoms with Crippen molar-refractivity contribution in [2.45, 2.75) is 6.18 Å². The second-order valence-electron chi connectivity index (χ2n) is 3.52. The first-order valence-corrected chi connectivity index (χ1v) is 4.82. The van der Waals surface area contributed by atoms with E-state index in [9.17, 15) is 18.0 Å². The topological polar surface area (TPSA) is 32.9 Å². The van der Waals surface area contributed by atoms with Crippen molar-refractivity contribution in [2.24, 2.45) is 0 Å². The summed E-state index contributed by atoms with van der Waals surface area (Å²) in [7, 11) is 0. The van der Waals surface area contributed by atoms with Crippen molar-refractivity contribution in [2.75, 3.05) is 0 Å². The number of carbonyl (C=O) groups excluding carboxylic acids is 1. The van der Waals surface area contributed by atoms with Gasteiger partial charge in [-0.05, 0) is 29.8 Å². The van der Waals surface area contributed by atoms with Gasteiger partial charge in [0, 0.05) is 5.69 Å². The Labute approximate surface area is 95.1 Å². The second kappa shape index (κ2) is 4.08. The van der Waals surface area contributed by atoms with E-state index in [1.165, 1.54) is 12.1 Å². The molecule has 17 heavy (non-hydrogen) atoms. The van der Waals surface area contributed by atoms with Gasteiger partial charge in [0.05, 0.1) is 11.3 Å². The van der Waals surface area contributed by atoms with E-state index in [0.29, 0.717) is 23.2 Å². The number of rotatable bonds is 2. The molecule has 1 aromatic heterocycles. The zero-order valence-electron chi connectivity index (χ0n) is 8.58. The number of hydrogen-bond donors (Lipinski definition) is 1. The summed E-state index contributed by atoms with van der Waals surface area (Å²) >= 11 is 0. The Morgan fingerprint density at radius 2 is 1.65 bits per heavy atom. The molecule has 1 heterocycles. The molecule has 1 N–H and O–H groups in total. The van der Waals surface area contributed by atoms with E-state index in [0.717, 1.165) is 12.1 Å². The van der Waals surface area contributed by atoms with Crippen molar-refractivity contribution in [1.29, 1.82) is 0 Å². The number of benzene rings is 1. The Hall–Kier alpha value is -2.04. The lowest BCUT2D eigenvalue weighted by molar-refractivity contribution is -0.137. The summed E-state index contributed by atoms with van der Waals surface area (Å²) in [5.74, 6) is 0. The highest BCUT2D eigenvalue weighted by Gasteiger charge is 2.29. The molecule has 0 aliphatic carbocycles. The third-order valence-corrected chi connectivity index (χ3v) is 2.36. The predicted molar refractivity (Wildman–Crippen MR) is 56.6 cm³/mol. The van der Waals surface area contributed by atoms with Crippen LogP contribution in [0.25, 0.3) is 11.3 Å². The summed E-state index contributed by atoms with van der Waals surface area (Å²) in [6.07, 6.45) is -3.68. The van der Waals surface area contributed by atoms with Gasteiger partial charge in [-0.1, -0.05) is 12.1 Å². The summed E-state index contributed by atoms with van der Waals surface area (Å²) in [5.41, 5.74) is 0.912. The molecule has 1 aromatic carbocycles. The number of hydrogen-bond acceptors (Lipinski definition) is 1. The van der Waals surface area contributed by atoms with Crippen LogP contribution in [0.3, 0.4) is 0 Å². The zero-order chi connectivity index (χ0) is 12.5. The number of aromatic amines is 1. The standard InChI is InChI=1S/C12H8F3NO/c13-12(14,15)9-3-1-8(2-4-9)11-6-5-10(7-17)16-11/h1-7,16H. The summed E-state index contributed by atoms with van der Waals surface area (Å²) in [6, 6.07) is 7.96. The summed E-state index contributed by atoms with van der Waals surface area (Å²) in [4.78, 5) is 13.2. The molecule has 0 aliphatic heterocycles. The first kappa shape index (κ1) is 11.4. The van der Waals surface area contributed by atoms with E-state index in [4.69, 9.17) is 0 Å². The van der Waals surface area contributed by atoms with Crippen molar-refractivity contribution in [3.63, 3.8) is 0 Å². The van der Waals surface area contributed by atoms with Gasteiger partial charge >= 0.3 is 6.18 Å². The molecule has 2 rings (SSSR count). The lowest BCUT2D eigenvalue weighted by Gasteiger charge is -2.06. The molecule has 0 unspecified atom stereocenters. The molecule has 0 saturated heterocycles. The third kappa shape index (κ3) is 2.38. The van der Waals surface area contributed by atoms with Crippen LogP contribution >= 0.6 is 0 Å². The first-order valence-electron chi connectivity index (χ1n) is 4.82. The number of aldehydes is 1. The monoisotopic (exact) mass is 239 g/mol. The van der Waals surface area contributed by atoms with Gasteiger partial charge in [0.1, 0.15) is 0 Å². The average molecular weight is 239 g/mol. The average Bonchev–Trinajstić information content (AvgIpc) is 2.76. The molecule has 0 aliphatic rings. The SMILES string of the molecule is O=Cc1ccc(-c2ccc(C(F)(F)F)cc2)[nH]1. The van der Waals surface area contributed by atoms with Crippen LogP contribution in [0.4, 0.5) is 13.2 Å². The largest absolute Gasteiger partial charge is 0.416 e. The van der Waals surface area contributed by atoms with Gasteiger partial charge in [-0.25, -0.2) is 0 Å². The molecule has 0 radical (unpaired) electrons. The molecular weight excluding hydrogens is 231 g/mol. The van der Waals surface area contributed by atoms with Gasteiger partial charge < -0.3 is 4.98 Å². The highest BCUT2D eigenvalue weighted by atomic mass is 19.4. The zero-order valence-corrected chi connectivity index (χ0v) is 8.58. The quantitative estimate of drug-likeness (QED) is 0.799. The van der Waals surface area contributed by atoms with Crippen molar-refractivity contribution < 1.29 is 18.0 Å². The molecule has 2 aromatic rings. The maximum atomic E-state index is 12.3. The molecule has 0 atom stereocenters. The predicted octanol–water partition coefficient (Wildman–Crippen LogP) is 3.51. The minimum Gasteiger partial charge on any atom is -0.352 e. The number of nitrogens with one attached hydrogen (secondary N) is 1. The first-order chi connectivity index (χ1) is 8.00. The van der Waals surface area contributed by atoms with Crippen LogP contribution in [0.2, 0.25) is 0 Å². The van der Waals surface area contributed by atoms with Crippen LogP contribution in [-0.4, -0.2) is 11.3 Å². The maximum absolute atomic E-state index is 12.3. The Balaban J connectivity index is 2.32. The summed E-state index contributed by atoms with van der Waals surface area (Å²) in [5, 5.41) is 0. The van der Waals surface area contributed by atoms with Gasteiger partial charge in [0.25, 0.3) is 0 Å². The highest BCUT2D eigenvalue weighted by molar-refractivity contribution is 5.75. The van der Waals surface area contributed by atoms with E-state index < -0.39 is 11.7 Å². The van der Waals surface area contributed by atoms with Crippen LogP contribution < -0.4 is 0 Å². The smallest absolute Gasteiger partial charge is 0.352 e. The minimum atomic E-state index is -4.33. The molecule has 0 saturated carbocycles. The van der Waals surface area contributed by atoms with E-state index in [1.54, 1.807) is 12.1 Å². The number of halogens is 3. The van der Waals surface area contributed by atoms with Gasteiger partial charge in [0.2, 0.25) is 0 Å². The molecule has 0 spiro atoms. The van der Waals surface area contributed by atoms with E-state index in [2.05, 4.69) is 4.98 Å². The normalized spacial score (nSPS) is 11.5. The van der Waals surface area contributed by atoms with Crippen LogP contribution in [-0.2, 0) is 6.18 Å². The third-order valence-electron chi connectivity index (χ3n) is 2.36. The molecule has 0 amide bonds. The van der Waals surface area contributed by atoms with Crippen molar-refractivity contribution in [1.82, 2.24) is 4.98 Å². The number of carbonyl (C=O) groups is 1. The lowest BCUT2D eigenvalue weighted by Crippen LogP contribution is -2.03. The number of H-pyrrole nitrogens is 1. The fourth-order valence-corrected chi connectivity index (χ4v) is 1.49. The molecule has 0 fully saturated rings. The number of aromatic nitrogens is 1. The van der Waals surface area contributed by atoms with Gasteiger partial charge in [0.15, 0.2) is 6.29 Å². The highest BCUT2D eigenvalue weighted by Crippen LogP contribution is 2.30. The Kier molecular flexibility index (Phi) is 2.75. The van der Waals surface area contributed by atoms with Gasteiger partial charge in [-0.2, -0.15) is 13.2 Å². The Bertz CT molecular complexity index is 525. The lowest BCUT2D eigenvalue weighted by atomic mass is 10.1. The summed E-state index contributed by atoms with van der Waals surface area (Å²) < 4.78 is 37.0. The van der Waals surface area contributed by atoms with Crippen molar-refractivity contribution >= 4 is 6.29 Å². The summed E-state index contributed by atoms with van der Waals surface area (Å²) in [6.45, 7) is 0. The second-order valence-corrected chi connectivity index (χ2v) is 3.52. The molecule has 2 nitrogen and oxygen atoms in total. The van der Waals surface area contributed by atoms with Crippen LogP contribution in [0, 0.1) is 0 Å². The Morgan fingerprint density at radius 1 is 1.00 bits per heavy atom. The maximum Gasteiger partial charge on any atom is 0.416 e. The van der Waals surface area contributed by atoms with Gasteiger partial charge in [-0.15, -0.1) is 0 Å². The molecule has 0 bridgehead atoms. The molecule has 88 valence electrons.